The number of benzene rings is 2. The highest BCUT2D eigenvalue weighted by Gasteiger charge is 2.13. The van der Waals surface area contributed by atoms with Crippen LogP contribution in [-0.2, 0) is 0 Å². The molecule has 0 aliphatic carbocycles. The van der Waals surface area contributed by atoms with E-state index in [0.717, 1.165) is 27.0 Å². The van der Waals surface area contributed by atoms with Gasteiger partial charge in [0.05, 0.1) is 11.0 Å². The maximum Gasteiger partial charge on any atom is 0.230 e. The SMILES string of the molecule is Cc1ccc(Nc2nc(Cl)cc(-n3c(C)nc4ccc(Br)cc43)n2)cc1. The Morgan fingerprint density at radius 1 is 0.962 bits per heavy atom. The fourth-order valence-electron chi connectivity index (χ4n) is 2.80. The van der Waals surface area contributed by atoms with E-state index in [-0.39, 0.29) is 0 Å². The van der Waals surface area contributed by atoms with Crippen LogP contribution in [0.3, 0.4) is 0 Å². The molecule has 0 spiro atoms. The first-order valence-corrected chi connectivity index (χ1v) is 9.20. The van der Waals surface area contributed by atoms with Gasteiger partial charge in [0.1, 0.15) is 16.8 Å². The molecular formula is C19H15BrClN5. The van der Waals surface area contributed by atoms with Crippen LogP contribution in [-0.4, -0.2) is 19.5 Å². The average Bonchev–Trinajstić information content (AvgIpc) is 2.91. The lowest BCUT2D eigenvalue weighted by molar-refractivity contribution is 0.945. The van der Waals surface area contributed by atoms with E-state index in [1.165, 1.54) is 5.56 Å². The van der Waals surface area contributed by atoms with Gasteiger partial charge in [0.2, 0.25) is 5.95 Å². The third-order valence-electron chi connectivity index (χ3n) is 4.00. The maximum atomic E-state index is 6.26. The van der Waals surface area contributed by atoms with E-state index in [4.69, 9.17) is 11.6 Å². The van der Waals surface area contributed by atoms with E-state index < -0.39 is 0 Å². The van der Waals surface area contributed by atoms with Crippen LogP contribution in [0.5, 0.6) is 0 Å². The zero-order chi connectivity index (χ0) is 18.3. The molecule has 7 heteroatoms. The minimum absolute atomic E-state index is 0.362. The molecule has 4 aromatic rings. The summed E-state index contributed by atoms with van der Waals surface area (Å²) in [5.41, 5.74) is 3.94. The van der Waals surface area contributed by atoms with Gasteiger partial charge < -0.3 is 5.32 Å². The molecule has 0 aliphatic heterocycles. The van der Waals surface area contributed by atoms with Crippen molar-refractivity contribution in [3.8, 4) is 5.82 Å². The van der Waals surface area contributed by atoms with Gasteiger partial charge in [-0.2, -0.15) is 4.98 Å². The summed E-state index contributed by atoms with van der Waals surface area (Å²) < 4.78 is 2.94. The topological polar surface area (TPSA) is 55.6 Å². The van der Waals surface area contributed by atoms with E-state index in [9.17, 15) is 0 Å². The van der Waals surface area contributed by atoms with Crippen LogP contribution in [0.25, 0.3) is 16.9 Å². The van der Waals surface area contributed by atoms with Gasteiger partial charge in [0.25, 0.3) is 0 Å². The van der Waals surface area contributed by atoms with Gasteiger partial charge in [-0.15, -0.1) is 0 Å². The van der Waals surface area contributed by atoms with Gasteiger partial charge in [-0.1, -0.05) is 45.2 Å². The fraction of sp³-hybridized carbons (Fsp3) is 0.105. The van der Waals surface area contributed by atoms with Gasteiger partial charge in [-0.25, -0.2) is 9.97 Å². The first-order valence-electron chi connectivity index (χ1n) is 8.03. The zero-order valence-corrected chi connectivity index (χ0v) is 16.5. The molecule has 0 bridgehead atoms. The lowest BCUT2D eigenvalue weighted by atomic mass is 10.2. The Kier molecular flexibility index (Phi) is 4.38. The number of nitrogens with one attached hydrogen (secondary N) is 1. The lowest BCUT2D eigenvalue weighted by Crippen LogP contribution is -2.05. The van der Waals surface area contributed by atoms with Crippen LogP contribution in [0.1, 0.15) is 11.4 Å². The predicted octanol–water partition coefficient (Wildman–Crippen LogP) is 5.59. The van der Waals surface area contributed by atoms with E-state index in [2.05, 4.69) is 36.2 Å². The molecule has 26 heavy (non-hydrogen) atoms. The summed E-state index contributed by atoms with van der Waals surface area (Å²) in [6.07, 6.45) is 0. The Labute approximate surface area is 164 Å². The second-order valence-electron chi connectivity index (χ2n) is 5.99. The molecule has 0 saturated heterocycles. The summed E-state index contributed by atoms with van der Waals surface area (Å²) in [7, 11) is 0. The molecule has 130 valence electrons. The van der Waals surface area contributed by atoms with Gasteiger partial charge in [0.15, 0.2) is 0 Å². The number of aryl methyl sites for hydroxylation is 2. The summed E-state index contributed by atoms with van der Waals surface area (Å²) in [6, 6.07) is 15.7. The second-order valence-corrected chi connectivity index (χ2v) is 7.29. The number of nitrogens with zero attached hydrogens (tertiary/aromatic N) is 4. The standard InChI is InChI=1S/C19H15BrClN5/c1-11-3-6-14(7-4-11)23-19-24-17(21)10-18(25-19)26-12(2)22-15-8-5-13(20)9-16(15)26/h3-10H,1-2H3,(H,23,24,25). The number of aromatic nitrogens is 4. The predicted molar refractivity (Wildman–Crippen MR) is 109 cm³/mol. The van der Waals surface area contributed by atoms with Crippen molar-refractivity contribution in [3.05, 3.63) is 69.5 Å². The highest BCUT2D eigenvalue weighted by molar-refractivity contribution is 9.10. The lowest BCUT2D eigenvalue weighted by Gasteiger charge is -2.10. The van der Waals surface area contributed by atoms with E-state index >= 15 is 0 Å². The van der Waals surface area contributed by atoms with Crippen molar-refractivity contribution in [1.29, 1.82) is 0 Å². The fourth-order valence-corrected chi connectivity index (χ4v) is 3.33. The molecule has 0 atom stereocenters. The summed E-state index contributed by atoms with van der Waals surface area (Å²) in [5, 5.41) is 3.57. The molecular weight excluding hydrogens is 414 g/mol. The number of hydrogen-bond acceptors (Lipinski definition) is 4. The van der Waals surface area contributed by atoms with E-state index in [1.54, 1.807) is 6.07 Å². The van der Waals surface area contributed by atoms with Crippen molar-refractivity contribution in [1.82, 2.24) is 19.5 Å². The maximum absolute atomic E-state index is 6.26. The van der Waals surface area contributed by atoms with Gasteiger partial charge in [0, 0.05) is 16.2 Å². The number of rotatable bonds is 3. The van der Waals surface area contributed by atoms with Crippen LogP contribution < -0.4 is 5.32 Å². The number of imidazole rings is 1. The number of hydrogen-bond donors (Lipinski definition) is 1. The number of halogens is 2. The summed E-state index contributed by atoms with van der Waals surface area (Å²) >= 11 is 9.77. The molecule has 1 N–H and O–H groups in total. The number of anilines is 2. The minimum atomic E-state index is 0.362. The molecule has 0 amide bonds. The van der Waals surface area contributed by atoms with Crippen LogP contribution in [0.15, 0.2) is 53.0 Å². The summed E-state index contributed by atoms with van der Waals surface area (Å²) in [4.78, 5) is 13.5. The monoisotopic (exact) mass is 427 g/mol. The molecule has 2 heterocycles. The van der Waals surface area contributed by atoms with Crippen molar-refractivity contribution in [2.24, 2.45) is 0 Å². The zero-order valence-electron chi connectivity index (χ0n) is 14.2. The summed E-state index contributed by atoms with van der Waals surface area (Å²) in [5.74, 6) is 1.93. The summed E-state index contributed by atoms with van der Waals surface area (Å²) in [6.45, 7) is 3.99. The number of fused-ring (bicyclic) bond motifs is 1. The molecule has 0 radical (unpaired) electrons. The van der Waals surface area contributed by atoms with E-state index in [1.807, 2.05) is 60.9 Å². The molecule has 5 nitrogen and oxygen atoms in total. The Bertz CT molecular complexity index is 1110. The first-order chi connectivity index (χ1) is 12.5. The van der Waals surface area contributed by atoms with Crippen LogP contribution in [0.2, 0.25) is 5.15 Å². The van der Waals surface area contributed by atoms with Crippen molar-refractivity contribution in [2.75, 3.05) is 5.32 Å². The van der Waals surface area contributed by atoms with Gasteiger partial charge in [-0.05, 0) is 44.2 Å². The molecule has 4 rings (SSSR count). The smallest absolute Gasteiger partial charge is 0.230 e. The van der Waals surface area contributed by atoms with Crippen LogP contribution in [0, 0.1) is 13.8 Å². The quantitative estimate of drug-likeness (QED) is 0.432. The van der Waals surface area contributed by atoms with Gasteiger partial charge >= 0.3 is 0 Å². The Balaban J connectivity index is 1.80. The highest BCUT2D eigenvalue weighted by Crippen LogP contribution is 2.26. The van der Waals surface area contributed by atoms with Gasteiger partial charge in [-0.3, -0.25) is 4.57 Å². The molecule has 0 saturated carbocycles. The van der Waals surface area contributed by atoms with Crippen LogP contribution >= 0.6 is 27.5 Å². The molecule has 0 unspecified atom stereocenters. The molecule has 2 aromatic carbocycles. The Hall–Kier alpha value is -2.44. The van der Waals surface area contributed by atoms with Crippen molar-refractivity contribution in [3.63, 3.8) is 0 Å². The Morgan fingerprint density at radius 3 is 2.50 bits per heavy atom. The molecule has 0 aliphatic rings. The second kappa shape index (κ2) is 6.70. The Morgan fingerprint density at radius 2 is 1.73 bits per heavy atom. The third-order valence-corrected chi connectivity index (χ3v) is 4.69. The highest BCUT2D eigenvalue weighted by atomic mass is 79.9. The molecule has 0 fully saturated rings. The normalized spacial score (nSPS) is 11.1. The molecule has 2 aromatic heterocycles. The first kappa shape index (κ1) is 17.0. The van der Waals surface area contributed by atoms with E-state index in [0.29, 0.717) is 16.9 Å². The third kappa shape index (κ3) is 3.30. The van der Waals surface area contributed by atoms with Crippen LogP contribution in [0.4, 0.5) is 11.6 Å². The minimum Gasteiger partial charge on any atom is -0.324 e. The van der Waals surface area contributed by atoms with Crippen molar-refractivity contribution >= 4 is 50.2 Å². The van der Waals surface area contributed by atoms with Crippen molar-refractivity contribution < 1.29 is 0 Å². The van der Waals surface area contributed by atoms with Crippen molar-refractivity contribution in [2.45, 2.75) is 13.8 Å². The largest absolute Gasteiger partial charge is 0.324 e. The average molecular weight is 429 g/mol.